The first-order valence-electron chi connectivity index (χ1n) is 8.75. The molecule has 0 saturated carbocycles. The molecular formula is C18H25ClN2O3. The van der Waals surface area contributed by atoms with Crippen LogP contribution in [-0.2, 0) is 9.53 Å². The van der Waals surface area contributed by atoms with Crippen LogP contribution in [0.15, 0.2) is 18.2 Å². The van der Waals surface area contributed by atoms with Crippen LogP contribution < -0.4 is 15.4 Å². The van der Waals surface area contributed by atoms with Gasteiger partial charge in [0.1, 0.15) is 12.4 Å². The van der Waals surface area contributed by atoms with E-state index < -0.39 is 0 Å². The van der Waals surface area contributed by atoms with Gasteiger partial charge in [-0.2, -0.15) is 0 Å². The molecule has 2 fully saturated rings. The summed E-state index contributed by atoms with van der Waals surface area (Å²) in [6.07, 6.45) is 4.81. The summed E-state index contributed by atoms with van der Waals surface area (Å²) >= 11 is 6.07. The van der Waals surface area contributed by atoms with Gasteiger partial charge in [-0.05, 0) is 62.9 Å². The number of anilines is 1. The van der Waals surface area contributed by atoms with Crippen molar-refractivity contribution in [3.8, 4) is 5.75 Å². The van der Waals surface area contributed by atoms with Crippen LogP contribution in [0.4, 0.5) is 5.69 Å². The minimum absolute atomic E-state index is 0.00568. The Labute approximate surface area is 148 Å². The quantitative estimate of drug-likeness (QED) is 0.791. The van der Waals surface area contributed by atoms with Crippen LogP contribution in [-0.4, -0.2) is 38.3 Å². The first-order chi connectivity index (χ1) is 11.7. The topological polar surface area (TPSA) is 59.6 Å². The maximum atomic E-state index is 12.2. The number of hydrogen-bond donors (Lipinski definition) is 2. The van der Waals surface area contributed by atoms with Gasteiger partial charge in [-0.3, -0.25) is 4.79 Å². The lowest BCUT2D eigenvalue weighted by Crippen LogP contribution is -2.18. The van der Waals surface area contributed by atoms with E-state index in [4.69, 9.17) is 21.1 Å². The number of ether oxygens (including phenoxy) is 2. The van der Waals surface area contributed by atoms with Gasteiger partial charge in [-0.25, -0.2) is 0 Å². The Bertz CT molecular complexity index is 555. The third-order valence-corrected chi connectivity index (χ3v) is 4.84. The fraction of sp³-hybridized carbons (Fsp3) is 0.611. The highest BCUT2D eigenvalue weighted by molar-refractivity contribution is 6.31. The van der Waals surface area contributed by atoms with E-state index in [9.17, 15) is 4.79 Å². The van der Waals surface area contributed by atoms with Crippen LogP contribution in [0, 0.1) is 5.92 Å². The number of carbonyl (C=O) groups excluding carboxylic acids is 1. The number of amides is 1. The van der Waals surface area contributed by atoms with Crippen molar-refractivity contribution in [2.45, 2.75) is 38.2 Å². The van der Waals surface area contributed by atoms with E-state index in [1.54, 1.807) is 18.2 Å². The first kappa shape index (κ1) is 17.5. The minimum Gasteiger partial charge on any atom is -0.489 e. The van der Waals surface area contributed by atoms with E-state index in [0.717, 1.165) is 45.4 Å². The molecule has 6 heteroatoms. The average molecular weight is 353 g/mol. The van der Waals surface area contributed by atoms with Crippen molar-refractivity contribution in [1.29, 1.82) is 0 Å². The molecule has 2 N–H and O–H groups in total. The van der Waals surface area contributed by atoms with Crippen LogP contribution in [0.2, 0.25) is 5.02 Å². The SMILES string of the molecule is O=C(CCC1CCNC1)Nc1cc(Cl)ccc1OCC1CCCO1. The molecule has 1 amide bonds. The van der Waals surface area contributed by atoms with E-state index in [2.05, 4.69) is 10.6 Å². The van der Waals surface area contributed by atoms with Gasteiger partial charge in [0.15, 0.2) is 0 Å². The monoisotopic (exact) mass is 352 g/mol. The summed E-state index contributed by atoms with van der Waals surface area (Å²) in [4.78, 5) is 12.2. The molecule has 0 bridgehead atoms. The molecule has 24 heavy (non-hydrogen) atoms. The zero-order chi connectivity index (χ0) is 16.8. The molecule has 2 aliphatic heterocycles. The van der Waals surface area contributed by atoms with Gasteiger partial charge in [-0.15, -0.1) is 0 Å². The van der Waals surface area contributed by atoms with Crippen molar-refractivity contribution in [3.63, 3.8) is 0 Å². The molecule has 2 aliphatic rings. The Morgan fingerprint density at radius 3 is 3.08 bits per heavy atom. The maximum Gasteiger partial charge on any atom is 0.224 e. The van der Waals surface area contributed by atoms with Crippen molar-refractivity contribution in [1.82, 2.24) is 5.32 Å². The molecule has 5 nitrogen and oxygen atoms in total. The Balaban J connectivity index is 1.54. The predicted molar refractivity (Wildman–Crippen MR) is 94.8 cm³/mol. The summed E-state index contributed by atoms with van der Waals surface area (Å²) in [5.41, 5.74) is 0.634. The van der Waals surface area contributed by atoms with Crippen LogP contribution in [0.3, 0.4) is 0 Å². The van der Waals surface area contributed by atoms with E-state index >= 15 is 0 Å². The van der Waals surface area contributed by atoms with Crippen molar-refractivity contribution < 1.29 is 14.3 Å². The van der Waals surface area contributed by atoms with Gasteiger partial charge in [0.2, 0.25) is 5.91 Å². The molecule has 0 spiro atoms. The lowest BCUT2D eigenvalue weighted by molar-refractivity contribution is -0.116. The molecule has 2 unspecified atom stereocenters. The number of nitrogens with one attached hydrogen (secondary N) is 2. The largest absolute Gasteiger partial charge is 0.489 e. The fourth-order valence-corrected chi connectivity index (χ4v) is 3.37. The standard InChI is InChI=1S/C18H25ClN2O3/c19-14-4-5-17(24-12-15-2-1-9-23-15)16(10-14)21-18(22)6-3-13-7-8-20-11-13/h4-5,10,13,15,20H,1-3,6-9,11-12H2,(H,21,22). The number of hydrogen-bond acceptors (Lipinski definition) is 4. The minimum atomic E-state index is 0.00568. The van der Waals surface area contributed by atoms with Crippen LogP contribution in [0.25, 0.3) is 0 Å². The van der Waals surface area contributed by atoms with Gasteiger partial charge in [0.25, 0.3) is 0 Å². The molecular weight excluding hydrogens is 328 g/mol. The molecule has 0 aromatic heterocycles. The fourth-order valence-electron chi connectivity index (χ4n) is 3.19. The first-order valence-corrected chi connectivity index (χ1v) is 9.13. The molecule has 132 valence electrons. The third kappa shape index (κ3) is 5.10. The molecule has 2 atom stereocenters. The van der Waals surface area contributed by atoms with Crippen LogP contribution in [0.5, 0.6) is 5.75 Å². The highest BCUT2D eigenvalue weighted by Gasteiger charge is 2.18. The smallest absolute Gasteiger partial charge is 0.224 e. The van der Waals surface area contributed by atoms with Crippen molar-refractivity contribution in [3.05, 3.63) is 23.2 Å². The van der Waals surface area contributed by atoms with E-state index in [-0.39, 0.29) is 12.0 Å². The number of carbonyl (C=O) groups is 1. The molecule has 0 radical (unpaired) electrons. The molecule has 0 aliphatic carbocycles. The summed E-state index contributed by atoms with van der Waals surface area (Å²) in [5, 5.41) is 6.84. The predicted octanol–water partition coefficient (Wildman–Crippen LogP) is 3.23. The Hall–Kier alpha value is -1.30. The summed E-state index contributed by atoms with van der Waals surface area (Å²) in [7, 11) is 0. The molecule has 2 saturated heterocycles. The zero-order valence-electron chi connectivity index (χ0n) is 13.9. The van der Waals surface area contributed by atoms with Crippen molar-refractivity contribution in [2.24, 2.45) is 5.92 Å². The lowest BCUT2D eigenvalue weighted by atomic mass is 10.0. The van der Waals surface area contributed by atoms with Crippen molar-refractivity contribution >= 4 is 23.2 Å². The molecule has 1 aromatic rings. The van der Waals surface area contributed by atoms with E-state index in [1.807, 2.05) is 0 Å². The van der Waals surface area contributed by atoms with Gasteiger partial charge < -0.3 is 20.1 Å². The third-order valence-electron chi connectivity index (χ3n) is 4.61. The second-order valence-electron chi connectivity index (χ2n) is 6.53. The molecule has 2 heterocycles. The van der Waals surface area contributed by atoms with Gasteiger partial charge in [0, 0.05) is 18.1 Å². The zero-order valence-corrected chi connectivity index (χ0v) is 14.6. The van der Waals surface area contributed by atoms with Crippen LogP contribution in [0.1, 0.15) is 32.1 Å². The number of benzene rings is 1. The summed E-state index contributed by atoms with van der Waals surface area (Å²) in [5.74, 6) is 1.25. The summed E-state index contributed by atoms with van der Waals surface area (Å²) < 4.78 is 11.4. The maximum absolute atomic E-state index is 12.2. The molecule has 1 aromatic carbocycles. The van der Waals surface area contributed by atoms with Gasteiger partial charge >= 0.3 is 0 Å². The van der Waals surface area contributed by atoms with E-state index in [0.29, 0.717) is 35.4 Å². The summed E-state index contributed by atoms with van der Waals surface area (Å²) in [6.45, 7) is 3.37. The van der Waals surface area contributed by atoms with Crippen molar-refractivity contribution in [2.75, 3.05) is 31.6 Å². The second-order valence-corrected chi connectivity index (χ2v) is 6.97. The second kappa shape index (κ2) is 8.70. The Morgan fingerprint density at radius 2 is 2.33 bits per heavy atom. The summed E-state index contributed by atoms with van der Waals surface area (Å²) in [6, 6.07) is 5.31. The van der Waals surface area contributed by atoms with Crippen LogP contribution >= 0.6 is 11.6 Å². The highest BCUT2D eigenvalue weighted by atomic mass is 35.5. The lowest BCUT2D eigenvalue weighted by Gasteiger charge is -2.16. The van der Waals surface area contributed by atoms with Gasteiger partial charge in [-0.1, -0.05) is 11.6 Å². The number of rotatable bonds is 7. The van der Waals surface area contributed by atoms with E-state index in [1.165, 1.54) is 0 Å². The number of halogens is 1. The Kier molecular flexibility index (Phi) is 6.35. The normalized spacial score (nSPS) is 23.4. The average Bonchev–Trinajstić information content (AvgIpc) is 3.26. The van der Waals surface area contributed by atoms with Gasteiger partial charge in [0.05, 0.1) is 11.8 Å². The Morgan fingerprint density at radius 1 is 1.42 bits per heavy atom. The molecule has 3 rings (SSSR count). The highest BCUT2D eigenvalue weighted by Crippen LogP contribution is 2.29.